The van der Waals surface area contributed by atoms with Gasteiger partial charge in [-0.15, -0.1) is 0 Å². The molecular weight excluding hydrogens is 222 g/mol. The molecule has 0 aromatic heterocycles. The zero-order valence-electron chi connectivity index (χ0n) is 13.2. The summed E-state index contributed by atoms with van der Waals surface area (Å²) in [4.78, 5) is 2.69. The van der Waals surface area contributed by atoms with Crippen molar-refractivity contribution in [2.45, 2.75) is 84.4 Å². The van der Waals surface area contributed by atoms with E-state index in [0.717, 1.165) is 13.2 Å². The number of rotatable bonds is 0. The van der Waals surface area contributed by atoms with E-state index in [1.165, 1.54) is 25.7 Å². The highest BCUT2D eigenvalue weighted by atomic mass is 16.5. The van der Waals surface area contributed by atoms with Crippen LogP contribution in [0.2, 0.25) is 0 Å². The van der Waals surface area contributed by atoms with Gasteiger partial charge in [-0.25, -0.2) is 0 Å². The van der Waals surface area contributed by atoms with Crippen LogP contribution in [-0.2, 0) is 4.74 Å². The van der Waals surface area contributed by atoms with Crippen LogP contribution in [0.4, 0.5) is 0 Å². The maximum Gasteiger partial charge on any atom is 0.0824 e. The fourth-order valence-corrected chi connectivity index (χ4v) is 3.62. The lowest BCUT2D eigenvalue weighted by molar-refractivity contribution is -0.0736. The molecule has 2 fully saturated rings. The van der Waals surface area contributed by atoms with Gasteiger partial charge in [0.2, 0.25) is 0 Å². The molecule has 0 amide bonds. The Hall–Kier alpha value is -0.0800. The van der Waals surface area contributed by atoms with Gasteiger partial charge in [0, 0.05) is 24.7 Å². The molecule has 0 aromatic rings. The first-order valence-corrected chi connectivity index (χ1v) is 7.55. The van der Waals surface area contributed by atoms with Crippen molar-refractivity contribution < 1.29 is 4.74 Å². The highest BCUT2D eigenvalue weighted by molar-refractivity contribution is 5.05. The molecule has 2 heterocycles. The fraction of sp³-hybridized carbons (Fsp3) is 1.00. The van der Waals surface area contributed by atoms with Crippen LogP contribution in [0, 0.1) is 5.41 Å². The van der Waals surface area contributed by atoms with Crippen molar-refractivity contribution in [1.82, 2.24) is 4.90 Å². The SMILES string of the molecule is CC(C)(C)C1CC2(CCCCO2)CN1C(C)(C)C. The molecular formula is C16H31NO. The Balaban J connectivity index is 2.23. The van der Waals surface area contributed by atoms with Crippen LogP contribution in [0.5, 0.6) is 0 Å². The summed E-state index contributed by atoms with van der Waals surface area (Å²) in [7, 11) is 0. The van der Waals surface area contributed by atoms with E-state index in [9.17, 15) is 0 Å². The highest BCUT2D eigenvalue weighted by Crippen LogP contribution is 2.45. The van der Waals surface area contributed by atoms with E-state index in [1.54, 1.807) is 0 Å². The van der Waals surface area contributed by atoms with Crippen LogP contribution in [0.15, 0.2) is 0 Å². The zero-order valence-corrected chi connectivity index (χ0v) is 13.2. The van der Waals surface area contributed by atoms with Crippen LogP contribution in [-0.4, -0.2) is 35.2 Å². The molecule has 1 spiro atoms. The van der Waals surface area contributed by atoms with Crippen LogP contribution in [0.25, 0.3) is 0 Å². The minimum atomic E-state index is 0.156. The molecule has 106 valence electrons. The van der Waals surface area contributed by atoms with Crippen molar-refractivity contribution in [2.24, 2.45) is 5.41 Å². The maximum absolute atomic E-state index is 6.24. The molecule has 0 bridgehead atoms. The van der Waals surface area contributed by atoms with Gasteiger partial charge >= 0.3 is 0 Å². The van der Waals surface area contributed by atoms with Crippen LogP contribution in [0.3, 0.4) is 0 Å². The Labute approximate surface area is 113 Å². The second kappa shape index (κ2) is 4.49. The third kappa shape index (κ3) is 2.75. The second-order valence-corrected chi connectivity index (χ2v) is 8.37. The summed E-state index contributed by atoms with van der Waals surface area (Å²) < 4.78 is 6.24. The minimum Gasteiger partial charge on any atom is -0.374 e. The largest absolute Gasteiger partial charge is 0.374 e. The first-order chi connectivity index (χ1) is 8.14. The number of ether oxygens (including phenoxy) is 1. The highest BCUT2D eigenvalue weighted by Gasteiger charge is 2.51. The summed E-state index contributed by atoms with van der Waals surface area (Å²) in [5.74, 6) is 0. The van der Waals surface area contributed by atoms with Gasteiger partial charge in [-0.1, -0.05) is 20.8 Å². The lowest BCUT2D eigenvalue weighted by Crippen LogP contribution is -2.50. The summed E-state index contributed by atoms with van der Waals surface area (Å²) in [5.41, 5.74) is 0.726. The van der Waals surface area contributed by atoms with E-state index in [2.05, 4.69) is 46.4 Å². The zero-order chi connectivity index (χ0) is 13.6. The molecule has 0 N–H and O–H groups in total. The molecule has 2 saturated heterocycles. The van der Waals surface area contributed by atoms with Gasteiger partial charge in [0.05, 0.1) is 5.60 Å². The van der Waals surface area contributed by atoms with Gasteiger partial charge in [-0.3, -0.25) is 4.90 Å². The molecule has 2 unspecified atom stereocenters. The number of likely N-dealkylation sites (tertiary alicyclic amines) is 1. The van der Waals surface area contributed by atoms with E-state index in [0.29, 0.717) is 11.5 Å². The molecule has 0 saturated carbocycles. The predicted molar refractivity (Wildman–Crippen MR) is 76.9 cm³/mol. The first-order valence-electron chi connectivity index (χ1n) is 7.55. The summed E-state index contributed by atoms with van der Waals surface area (Å²) in [6.45, 7) is 16.2. The molecule has 2 atom stereocenters. The molecule has 0 aliphatic carbocycles. The standard InChI is InChI=1S/C16H31NO/c1-14(2,3)13-11-16(9-7-8-10-18-16)12-17(13)15(4,5)6/h13H,7-12H2,1-6H3. The average molecular weight is 253 g/mol. The van der Waals surface area contributed by atoms with Gasteiger partial charge in [0.1, 0.15) is 0 Å². The summed E-state index contributed by atoms with van der Waals surface area (Å²) in [6.07, 6.45) is 5.06. The lowest BCUT2D eigenvalue weighted by atomic mass is 9.80. The van der Waals surface area contributed by atoms with Crippen molar-refractivity contribution >= 4 is 0 Å². The van der Waals surface area contributed by atoms with Gasteiger partial charge in [0.15, 0.2) is 0 Å². The van der Waals surface area contributed by atoms with Crippen LogP contribution >= 0.6 is 0 Å². The van der Waals surface area contributed by atoms with Gasteiger partial charge in [-0.05, 0) is 51.9 Å². The van der Waals surface area contributed by atoms with Crippen molar-refractivity contribution in [3.63, 3.8) is 0 Å². The Bertz CT molecular complexity index is 267. The lowest BCUT2D eigenvalue weighted by Gasteiger charge is -2.42. The molecule has 2 aliphatic rings. The number of hydrogen-bond acceptors (Lipinski definition) is 2. The van der Waals surface area contributed by atoms with Crippen molar-refractivity contribution in [3.05, 3.63) is 0 Å². The normalized spacial score (nSPS) is 35.3. The Morgan fingerprint density at radius 3 is 2.11 bits per heavy atom. The minimum absolute atomic E-state index is 0.156. The molecule has 0 radical (unpaired) electrons. The first kappa shape index (κ1) is 14.3. The molecule has 2 rings (SSSR count). The Kier molecular flexibility index (Phi) is 3.57. The Morgan fingerprint density at radius 2 is 1.72 bits per heavy atom. The van der Waals surface area contributed by atoms with E-state index in [1.807, 2.05) is 0 Å². The van der Waals surface area contributed by atoms with Crippen molar-refractivity contribution in [3.8, 4) is 0 Å². The van der Waals surface area contributed by atoms with Crippen LogP contribution < -0.4 is 0 Å². The third-order valence-electron chi connectivity index (χ3n) is 4.70. The topological polar surface area (TPSA) is 12.5 Å². The molecule has 0 aromatic carbocycles. The van der Waals surface area contributed by atoms with Gasteiger partial charge in [0.25, 0.3) is 0 Å². The predicted octanol–water partition coefficient (Wildman–Crippen LogP) is 3.84. The van der Waals surface area contributed by atoms with E-state index in [4.69, 9.17) is 4.74 Å². The maximum atomic E-state index is 6.24. The van der Waals surface area contributed by atoms with Crippen molar-refractivity contribution in [1.29, 1.82) is 0 Å². The van der Waals surface area contributed by atoms with Crippen molar-refractivity contribution in [2.75, 3.05) is 13.2 Å². The smallest absolute Gasteiger partial charge is 0.0824 e. The second-order valence-electron chi connectivity index (χ2n) is 8.37. The summed E-state index contributed by atoms with van der Waals surface area (Å²) >= 11 is 0. The fourth-order valence-electron chi connectivity index (χ4n) is 3.62. The summed E-state index contributed by atoms with van der Waals surface area (Å²) in [6, 6.07) is 0.635. The molecule has 2 aliphatic heterocycles. The average Bonchev–Trinajstić information content (AvgIpc) is 2.58. The monoisotopic (exact) mass is 253 g/mol. The molecule has 18 heavy (non-hydrogen) atoms. The van der Waals surface area contributed by atoms with Crippen LogP contribution in [0.1, 0.15) is 67.2 Å². The molecule has 2 nitrogen and oxygen atoms in total. The quantitative estimate of drug-likeness (QED) is 0.650. The number of hydrogen-bond donors (Lipinski definition) is 0. The van der Waals surface area contributed by atoms with E-state index in [-0.39, 0.29) is 11.1 Å². The van der Waals surface area contributed by atoms with E-state index >= 15 is 0 Å². The summed E-state index contributed by atoms with van der Waals surface area (Å²) in [5, 5.41) is 0. The van der Waals surface area contributed by atoms with Gasteiger partial charge < -0.3 is 4.74 Å². The molecule has 2 heteroatoms. The third-order valence-corrected chi connectivity index (χ3v) is 4.70. The number of nitrogens with zero attached hydrogens (tertiary/aromatic N) is 1. The Morgan fingerprint density at radius 1 is 1.06 bits per heavy atom. The van der Waals surface area contributed by atoms with E-state index < -0.39 is 0 Å². The van der Waals surface area contributed by atoms with Gasteiger partial charge in [-0.2, -0.15) is 0 Å².